The second-order valence-electron chi connectivity index (χ2n) is 7.24. The number of rotatable bonds is 3. The van der Waals surface area contributed by atoms with E-state index in [-0.39, 0.29) is 18.1 Å². The fraction of sp³-hybridized carbons (Fsp3) is 0.182. The Morgan fingerprint density at radius 1 is 1.07 bits per heavy atom. The predicted molar refractivity (Wildman–Crippen MR) is 111 cm³/mol. The maximum Gasteiger partial charge on any atom is 0.238 e. The van der Waals surface area contributed by atoms with Crippen molar-refractivity contribution in [3.05, 3.63) is 71.9 Å². The first-order valence-electron chi connectivity index (χ1n) is 9.37. The Balaban J connectivity index is 1.69. The van der Waals surface area contributed by atoms with Crippen molar-refractivity contribution in [2.45, 2.75) is 26.0 Å². The molecule has 0 spiro atoms. The smallest absolute Gasteiger partial charge is 0.238 e. The summed E-state index contributed by atoms with van der Waals surface area (Å²) >= 11 is 0. The van der Waals surface area contributed by atoms with Crippen LogP contribution in [0.2, 0.25) is 0 Å². The van der Waals surface area contributed by atoms with Crippen LogP contribution in [0.3, 0.4) is 0 Å². The van der Waals surface area contributed by atoms with Crippen molar-refractivity contribution in [1.82, 2.24) is 14.6 Å². The SMILES string of the molecule is CC(C)Oc1ccc(C2Nc3ccccc3-c3nc(N)nn4ccc2c34)cc1. The molecule has 6 nitrogen and oxygen atoms in total. The number of ether oxygens (including phenoxy) is 1. The minimum Gasteiger partial charge on any atom is -0.491 e. The highest BCUT2D eigenvalue weighted by Crippen LogP contribution is 2.41. The van der Waals surface area contributed by atoms with Gasteiger partial charge in [-0.3, -0.25) is 0 Å². The number of hydrogen-bond acceptors (Lipinski definition) is 5. The van der Waals surface area contributed by atoms with Gasteiger partial charge < -0.3 is 15.8 Å². The number of nitrogens with zero attached hydrogens (tertiary/aromatic N) is 3. The van der Waals surface area contributed by atoms with Gasteiger partial charge in [0, 0.05) is 23.0 Å². The van der Waals surface area contributed by atoms with E-state index in [1.54, 1.807) is 0 Å². The zero-order valence-electron chi connectivity index (χ0n) is 15.8. The lowest BCUT2D eigenvalue weighted by Gasteiger charge is -2.20. The van der Waals surface area contributed by atoms with Crippen molar-refractivity contribution in [1.29, 1.82) is 0 Å². The Morgan fingerprint density at radius 3 is 2.64 bits per heavy atom. The van der Waals surface area contributed by atoms with E-state index in [1.165, 1.54) is 0 Å². The van der Waals surface area contributed by atoms with Crippen molar-refractivity contribution in [3.8, 4) is 17.0 Å². The monoisotopic (exact) mass is 371 g/mol. The van der Waals surface area contributed by atoms with Crippen LogP contribution < -0.4 is 15.8 Å². The van der Waals surface area contributed by atoms with Gasteiger partial charge >= 0.3 is 0 Å². The average molecular weight is 371 g/mol. The molecular formula is C22H21N5O. The van der Waals surface area contributed by atoms with Gasteiger partial charge in [-0.25, -0.2) is 9.50 Å². The fourth-order valence-electron chi connectivity index (χ4n) is 3.81. The third-order valence-electron chi connectivity index (χ3n) is 4.94. The topological polar surface area (TPSA) is 77.5 Å². The summed E-state index contributed by atoms with van der Waals surface area (Å²) in [4.78, 5) is 4.57. The molecule has 1 unspecified atom stereocenters. The molecule has 0 saturated heterocycles. The van der Waals surface area contributed by atoms with E-state index in [4.69, 9.17) is 10.5 Å². The van der Waals surface area contributed by atoms with Gasteiger partial charge in [-0.15, -0.1) is 5.10 Å². The van der Waals surface area contributed by atoms with Crippen LogP contribution in [0.1, 0.15) is 31.0 Å². The molecule has 1 aliphatic rings. The van der Waals surface area contributed by atoms with Gasteiger partial charge in [-0.1, -0.05) is 30.3 Å². The minimum atomic E-state index is -0.0345. The van der Waals surface area contributed by atoms with Crippen LogP contribution in [-0.4, -0.2) is 20.7 Å². The number of fused-ring (bicyclic) bond motifs is 2. The summed E-state index contributed by atoms with van der Waals surface area (Å²) in [6, 6.07) is 18.4. The van der Waals surface area contributed by atoms with Crippen molar-refractivity contribution in [2.24, 2.45) is 0 Å². The third-order valence-corrected chi connectivity index (χ3v) is 4.94. The van der Waals surface area contributed by atoms with Crippen LogP contribution in [0.25, 0.3) is 16.8 Å². The maximum atomic E-state index is 5.97. The molecule has 140 valence electrons. The largest absolute Gasteiger partial charge is 0.491 e. The fourth-order valence-corrected chi connectivity index (χ4v) is 3.81. The Kier molecular flexibility index (Phi) is 3.72. The van der Waals surface area contributed by atoms with E-state index >= 15 is 0 Å². The number of nitrogens with one attached hydrogen (secondary N) is 1. The summed E-state index contributed by atoms with van der Waals surface area (Å²) in [7, 11) is 0. The molecule has 0 aliphatic carbocycles. The van der Waals surface area contributed by atoms with E-state index < -0.39 is 0 Å². The number of nitrogen functional groups attached to an aromatic ring is 1. The summed E-state index contributed by atoms with van der Waals surface area (Å²) < 4.78 is 7.61. The molecule has 0 bridgehead atoms. The number of aromatic nitrogens is 3. The number of hydrogen-bond donors (Lipinski definition) is 2. The highest BCUT2D eigenvalue weighted by molar-refractivity contribution is 5.90. The van der Waals surface area contributed by atoms with Crippen LogP contribution >= 0.6 is 0 Å². The molecule has 0 saturated carbocycles. The Morgan fingerprint density at radius 2 is 1.86 bits per heavy atom. The molecule has 3 heterocycles. The second-order valence-corrected chi connectivity index (χ2v) is 7.24. The highest BCUT2D eigenvalue weighted by atomic mass is 16.5. The molecule has 0 fully saturated rings. The molecule has 6 heteroatoms. The molecular weight excluding hydrogens is 350 g/mol. The van der Waals surface area contributed by atoms with Crippen LogP contribution in [0.15, 0.2) is 60.8 Å². The molecule has 5 rings (SSSR count). The van der Waals surface area contributed by atoms with Gasteiger partial charge in [0.15, 0.2) is 0 Å². The maximum absolute atomic E-state index is 5.97. The summed E-state index contributed by atoms with van der Waals surface area (Å²) in [5.74, 6) is 1.12. The normalized spacial score (nSPS) is 15.2. The minimum absolute atomic E-state index is 0.0345. The number of anilines is 2. The molecule has 28 heavy (non-hydrogen) atoms. The molecule has 2 aromatic heterocycles. The van der Waals surface area contributed by atoms with Crippen molar-refractivity contribution >= 4 is 17.2 Å². The second kappa shape index (κ2) is 6.27. The Hall–Kier alpha value is -3.54. The van der Waals surface area contributed by atoms with E-state index in [1.807, 2.05) is 48.8 Å². The van der Waals surface area contributed by atoms with Crippen LogP contribution in [0.4, 0.5) is 11.6 Å². The predicted octanol–water partition coefficient (Wildman–Crippen LogP) is 4.28. The van der Waals surface area contributed by atoms with Gasteiger partial charge in [-0.05, 0) is 43.7 Å². The average Bonchev–Trinajstić information content (AvgIpc) is 3.03. The van der Waals surface area contributed by atoms with Crippen LogP contribution in [-0.2, 0) is 0 Å². The molecule has 4 aromatic rings. The van der Waals surface area contributed by atoms with E-state index in [0.29, 0.717) is 0 Å². The summed E-state index contributed by atoms with van der Waals surface area (Å²) in [6.07, 6.45) is 2.08. The molecule has 3 N–H and O–H groups in total. The molecule has 1 aliphatic heterocycles. The zero-order valence-corrected chi connectivity index (χ0v) is 15.8. The van der Waals surface area contributed by atoms with Gasteiger partial charge in [0.25, 0.3) is 0 Å². The molecule has 0 radical (unpaired) electrons. The third kappa shape index (κ3) is 2.65. The first kappa shape index (κ1) is 16.6. The highest BCUT2D eigenvalue weighted by Gasteiger charge is 2.27. The van der Waals surface area contributed by atoms with E-state index in [0.717, 1.165) is 39.3 Å². The lowest BCUT2D eigenvalue weighted by atomic mass is 9.99. The lowest BCUT2D eigenvalue weighted by Crippen LogP contribution is -2.12. The van der Waals surface area contributed by atoms with Crippen LogP contribution in [0, 0.1) is 0 Å². The Labute approximate surface area is 163 Å². The van der Waals surface area contributed by atoms with E-state index in [2.05, 4.69) is 45.7 Å². The Bertz CT molecular complexity index is 1160. The lowest BCUT2D eigenvalue weighted by molar-refractivity contribution is 0.242. The number of benzene rings is 2. The number of para-hydroxylation sites is 1. The van der Waals surface area contributed by atoms with Crippen molar-refractivity contribution in [3.63, 3.8) is 0 Å². The molecule has 0 amide bonds. The van der Waals surface area contributed by atoms with Gasteiger partial charge in [0.2, 0.25) is 5.95 Å². The summed E-state index contributed by atoms with van der Waals surface area (Å²) in [6.45, 7) is 4.05. The standard InChI is InChI=1S/C22H21N5O/c1-13(2)28-15-9-7-14(8-10-15)19-17-11-12-27-21(17)20(25-22(23)26-27)16-5-3-4-6-18(16)24-19/h3-13,19,24H,1-2H3,(H2,23,26). The quantitative estimate of drug-likeness (QED) is 0.562. The van der Waals surface area contributed by atoms with Gasteiger partial charge in [0.1, 0.15) is 11.4 Å². The first-order chi connectivity index (χ1) is 13.6. The van der Waals surface area contributed by atoms with Crippen LogP contribution in [0.5, 0.6) is 5.75 Å². The summed E-state index contributed by atoms with van der Waals surface area (Å²) in [5.41, 5.74) is 12.1. The number of nitrogens with two attached hydrogens (primary N) is 1. The van der Waals surface area contributed by atoms with Gasteiger partial charge in [-0.2, -0.15) is 0 Å². The van der Waals surface area contributed by atoms with Gasteiger partial charge in [0.05, 0.1) is 17.7 Å². The van der Waals surface area contributed by atoms with E-state index in [9.17, 15) is 0 Å². The van der Waals surface area contributed by atoms with Crippen molar-refractivity contribution in [2.75, 3.05) is 11.1 Å². The zero-order chi connectivity index (χ0) is 19.3. The van der Waals surface area contributed by atoms with Crippen molar-refractivity contribution < 1.29 is 4.74 Å². The molecule has 1 atom stereocenters. The molecule has 2 aromatic carbocycles. The summed E-state index contributed by atoms with van der Waals surface area (Å²) in [5, 5.41) is 8.05. The first-order valence-corrected chi connectivity index (χ1v) is 9.37.